The third-order valence-corrected chi connectivity index (χ3v) is 0.794. The maximum absolute atomic E-state index is 10.4. The Bertz CT molecular complexity index is 166. The maximum atomic E-state index is 10.4. The van der Waals surface area contributed by atoms with E-state index in [1.807, 2.05) is 0 Å². The molecule has 5 heteroatoms. The van der Waals surface area contributed by atoms with Gasteiger partial charge in [-0.15, -0.1) is 0 Å². The summed E-state index contributed by atoms with van der Waals surface area (Å²) in [6.45, 7) is 2.24. The molecule has 2 N–H and O–H groups in total. The van der Waals surface area contributed by atoms with E-state index >= 15 is 0 Å². The van der Waals surface area contributed by atoms with Gasteiger partial charge in [0.05, 0.1) is 0 Å². The number of ether oxygens (including phenoxy) is 1. The molecule has 0 unspecified atom stereocenters. The second-order valence-electron chi connectivity index (χ2n) is 1.56. The summed E-state index contributed by atoms with van der Waals surface area (Å²) < 4.78 is 4.30. The third kappa shape index (κ3) is 5.10. The van der Waals surface area contributed by atoms with Crippen LogP contribution in [0.1, 0.15) is 0 Å². The molecule has 0 aliphatic heterocycles. The smallest absolute Gasteiger partial charge is 0.333 e. The summed E-state index contributed by atoms with van der Waals surface area (Å²) in [5.74, 6) is -1.22. The Hall–Kier alpha value is -1.36. The minimum Gasteiger partial charge on any atom is -0.443 e. The van der Waals surface area contributed by atoms with Gasteiger partial charge in [-0.25, -0.2) is 4.79 Å². The molecule has 1 amide bonds. The fraction of sp³-hybridized carbons (Fsp3) is 0.333. The molecule has 5 nitrogen and oxygen atoms in total. The lowest BCUT2D eigenvalue weighted by molar-refractivity contribution is -0.148. The zero-order valence-corrected chi connectivity index (χ0v) is 5.87. The number of carbonyl (C=O) groups excluding carboxylic acids is 2. The first kappa shape index (κ1) is 9.64. The number of hydrogen-bond acceptors (Lipinski definition) is 4. The predicted octanol–water partition coefficient (Wildman–Crippen LogP) is -1.22. The molecule has 0 aromatic rings. The molecule has 11 heavy (non-hydrogen) atoms. The number of hydrogen-bond donors (Lipinski definition) is 2. The molecule has 0 atom stereocenters. The number of rotatable bonds is 4. The van der Waals surface area contributed by atoms with Gasteiger partial charge in [-0.3, -0.25) is 4.79 Å². The number of nitrogens with one attached hydrogen (secondary N) is 1. The maximum Gasteiger partial charge on any atom is 0.333 e. The first-order valence-corrected chi connectivity index (χ1v) is 2.87. The van der Waals surface area contributed by atoms with Crippen LogP contribution in [0.2, 0.25) is 0 Å². The second-order valence-corrected chi connectivity index (χ2v) is 1.56. The highest BCUT2D eigenvalue weighted by atomic mass is 16.6. The molecule has 0 heterocycles. The Labute approximate surface area is 63.7 Å². The molecule has 0 bridgehead atoms. The highest BCUT2D eigenvalue weighted by Crippen LogP contribution is 1.73. The molecule has 0 radical (unpaired) electrons. The van der Waals surface area contributed by atoms with Crippen LogP contribution in [0.3, 0.4) is 0 Å². The summed E-state index contributed by atoms with van der Waals surface area (Å²) in [4.78, 5) is 20.6. The van der Waals surface area contributed by atoms with E-state index in [1.54, 1.807) is 0 Å². The van der Waals surface area contributed by atoms with Crippen molar-refractivity contribution < 1.29 is 19.4 Å². The predicted molar refractivity (Wildman–Crippen MR) is 36.4 cm³/mol. The Morgan fingerprint density at radius 1 is 1.64 bits per heavy atom. The Kier molecular flexibility index (Phi) is 4.76. The molecule has 0 spiro atoms. The van der Waals surface area contributed by atoms with Gasteiger partial charge in [0, 0.05) is 0 Å². The number of aliphatic hydroxyl groups is 1. The normalized spacial score (nSPS) is 8.45. The summed E-state index contributed by atoms with van der Waals surface area (Å²) in [5, 5.41) is 10.3. The highest BCUT2D eigenvalue weighted by Gasteiger charge is 1.98. The van der Waals surface area contributed by atoms with Crippen LogP contribution in [0, 0.1) is 0 Å². The zero-order valence-electron chi connectivity index (χ0n) is 5.87. The van der Waals surface area contributed by atoms with Crippen LogP contribution >= 0.6 is 0 Å². The van der Waals surface area contributed by atoms with Crippen molar-refractivity contribution in [2.24, 2.45) is 0 Å². The van der Waals surface area contributed by atoms with Crippen molar-refractivity contribution in [3.05, 3.63) is 12.7 Å². The van der Waals surface area contributed by atoms with Gasteiger partial charge in [0.25, 0.3) is 0 Å². The van der Waals surface area contributed by atoms with E-state index < -0.39 is 18.5 Å². The van der Waals surface area contributed by atoms with Crippen molar-refractivity contribution in [1.82, 2.24) is 5.32 Å². The first-order valence-electron chi connectivity index (χ1n) is 2.87. The van der Waals surface area contributed by atoms with E-state index in [1.165, 1.54) is 0 Å². The van der Waals surface area contributed by atoms with Crippen molar-refractivity contribution in [2.45, 2.75) is 0 Å². The lowest BCUT2D eigenvalue weighted by Crippen LogP contribution is -2.26. The average molecular weight is 159 g/mol. The summed E-state index contributed by atoms with van der Waals surface area (Å²) in [6, 6.07) is 0. The van der Waals surface area contributed by atoms with Crippen LogP contribution in [0.15, 0.2) is 12.7 Å². The van der Waals surface area contributed by atoms with Gasteiger partial charge >= 0.3 is 5.97 Å². The molecule has 0 aromatic heterocycles. The summed E-state index contributed by atoms with van der Waals surface area (Å²) in [6.07, 6.45) is 1.05. The van der Waals surface area contributed by atoms with Gasteiger partial charge < -0.3 is 15.2 Å². The monoisotopic (exact) mass is 159 g/mol. The molecule has 0 aromatic carbocycles. The summed E-state index contributed by atoms with van der Waals surface area (Å²) in [5.41, 5.74) is 0. The number of esters is 1. The zero-order chi connectivity index (χ0) is 8.69. The van der Waals surface area contributed by atoms with E-state index in [0.29, 0.717) is 0 Å². The van der Waals surface area contributed by atoms with Crippen LogP contribution in [0.4, 0.5) is 0 Å². The second kappa shape index (κ2) is 5.43. The highest BCUT2D eigenvalue weighted by molar-refractivity contribution is 5.86. The van der Waals surface area contributed by atoms with E-state index in [-0.39, 0.29) is 6.73 Å². The van der Waals surface area contributed by atoms with Gasteiger partial charge in [-0.05, 0) is 6.08 Å². The van der Waals surface area contributed by atoms with E-state index in [9.17, 15) is 9.59 Å². The molecule has 0 rings (SSSR count). The molecule has 0 aliphatic carbocycles. The summed E-state index contributed by atoms with van der Waals surface area (Å²) in [7, 11) is 0. The summed E-state index contributed by atoms with van der Waals surface area (Å²) >= 11 is 0. The Morgan fingerprint density at radius 2 is 2.27 bits per heavy atom. The third-order valence-electron chi connectivity index (χ3n) is 0.794. The standard InChI is InChI=1S/C6H9NO4/c1-2-5(9)7-4-11-6(10)3-8/h2,8H,1,3-4H2,(H,7,9). The van der Waals surface area contributed by atoms with Crippen molar-refractivity contribution in [1.29, 1.82) is 0 Å². The molecule has 0 saturated carbocycles. The lowest BCUT2D eigenvalue weighted by Gasteiger charge is -2.01. The van der Waals surface area contributed by atoms with Gasteiger partial charge in [-0.2, -0.15) is 0 Å². The largest absolute Gasteiger partial charge is 0.443 e. The molecule has 62 valence electrons. The van der Waals surface area contributed by atoms with Crippen molar-refractivity contribution in [3.63, 3.8) is 0 Å². The van der Waals surface area contributed by atoms with E-state index in [2.05, 4.69) is 16.6 Å². The van der Waals surface area contributed by atoms with Gasteiger partial charge in [0.2, 0.25) is 5.91 Å². The van der Waals surface area contributed by atoms with Gasteiger partial charge in [0.1, 0.15) is 6.61 Å². The molecule has 0 saturated heterocycles. The van der Waals surface area contributed by atoms with Gasteiger partial charge in [-0.1, -0.05) is 6.58 Å². The lowest BCUT2D eigenvalue weighted by atomic mass is 10.6. The van der Waals surface area contributed by atoms with Crippen molar-refractivity contribution in [3.8, 4) is 0 Å². The van der Waals surface area contributed by atoms with Crippen molar-refractivity contribution in [2.75, 3.05) is 13.3 Å². The minimum atomic E-state index is -0.783. The van der Waals surface area contributed by atoms with Crippen molar-refractivity contribution >= 4 is 11.9 Å². The number of amides is 1. The van der Waals surface area contributed by atoms with E-state index in [4.69, 9.17) is 5.11 Å². The quantitative estimate of drug-likeness (QED) is 0.306. The molecular formula is C6H9NO4. The molecule has 0 aliphatic rings. The fourth-order valence-electron chi connectivity index (χ4n) is 0.306. The first-order chi connectivity index (χ1) is 5.20. The van der Waals surface area contributed by atoms with Crippen LogP contribution in [-0.2, 0) is 14.3 Å². The van der Waals surface area contributed by atoms with Gasteiger partial charge in [0.15, 0.2) is 6.73 Å². The number of aliphatic hydroxyl groups excluding tert-OH is 1. The molecular weight excluding hydrogens is 150 g/mol. The topological polar surface area (TPSA) is 75.6 Å². The fourth-order valence-corrected chi connectivity index (χ4v) is 0.306. The van der Waals surface area contributed by atoms with Crippen LogP contribution in [-0.4, -0.2) is 30.3 Å². The van der Waals surface area contributed by atoms with Crippen LogP contribution in [0.5, 0.6) is 0 Å². The van der Waals surface area contributed by atoms with Crippen LogP contribution in [0.25, 0.3) is 0 Å². The molecule has 0 fully saturated rings. The minimum absolute atomic E-state index is 0.246. The Morgan fingerprint density at radius 3 is 2.73 bits per heavy atom. The van der Waals surface area contributed by atoms with E-state index in [0.717, 1.165) is 6.08 Å². The number of carbonyl (C=O) groups is 2. The average Bonchev–Trinajstić information content (AvgIpc) is 2.04. The van der Waals surface area contributed by atoms with Crippen LogP contribution < -0.4 is 5.32 Å². The SMILES string of the molecule is C=CC(=O)NCOC(=O)CO. The Balaban J connectivity index is 3.34.